The van der Waals surface area contributed by atoms with E-state index in [1.807, 2.05) is 18.2 Å². The molecule has 0 saturated heterocycles. The number of anilines is 2. The highest BCUT2D eigenvalue weighted by atomic mass is 16.2. The van der Waals surface area contributed by atoms with Gasteiger partial charge in [-0.25, -0.2) is 9.97 Å². The maximum absolute atomic E-state index is 12.6. The lowest BCUT2D eigenvalue weighted by molar-refractivity contribution is 0.101. The molecule has 0 spiro atoms. The highest BCUT2D eigenvalue weighted by Gasteiger charge is 2.16. The minimum Gasteiger partial charge on any atom is -0.350 e. The number of aromatic nitrogens is 2. The second-order valence-electron chi connectivity index (χ2n) is 7.06. The average molecular weight is 388 g/mol. The molecule has 0 unspecified atom stereocenters. The molecule has 2 aromatic carbocycles. The minimum absolute atomic E-state index is 0.0180. The van der Waals surface area contributed by atoms with Crippen molar-refractivity contribution in [2.24, 2.45) is 0 Å². The average Bonchev–Trinajstić information content (AvgIpc) is 2.73. The van der Waals surface area contributed by atoms with Crippen LogP contribution in [0.5, 0.6) is 0 Å². The molecule has 6 heteroatoms. The second kappa shape index (κ2) is 9.10. The first-order valence-corrected chi connectivity index (χ1v) is 9.49. The van der Waals surface area contributed by atoms with Crippen LogP contribution in [0.1, 0.15) is 47.2 Å². The molecule has 0 aliphatic rings. The molecule has 148 valence electrons. The smallest absolute Gasteiger partial charge is 0.274 e. The van der Waals surface area contributed by atoms with Gasteiger partial charge in [0.2, 0.25) is 0 Å². The van der Waals surface area contributed by atoms with E-state index in [0.717, 1.165) is 5.56 Å². The van der Waals surface area contributed by atoms with Crippen molar-refractivity contribution < 1.29 is 9.59 Å². The first-order chi connectivity index (χ1) is 13.9. The molecule has 0 radical (unpaired) electrons. The number of nitrogens with zero attached hydrogens (tertiary/aromatic N) is 3. The van der Waals surface area contributed by atoms with Crippen LogP contribution in [-0.4, -0.2) is 27.7 Å². The van der Waals surface area contributed by atoms with Gasteiger partial charge in [-0.15, -0.1) is 0 Å². The van der Waals surface area contributed by atoms with Gasteiger partial charge in [-0.2, -0.15) is 0 Å². The van der Waals surface area contributed by atoms with Gasteiger partial charge in [0, 0.05) is 29.9 Å². The number of ketones is 1. The molecule has 0 bridgehead atoms. The van der Waals surface area contributed by atoms with Gasteiger partial charge in [0.05, 0.1) is 0 Å². The zero-order valence-corrected chi connectivity index (χ0v) is 16.8. The van der Waals surface area contributed by atoms with Crippen LogP contribution in [0.3, 0.4) is 0 Å². The number of amides is 1. The molecule has 3 rings (SSSR count). The number of hydrogen-bond donors (Lipinski definition) is 1. The summed E-state index contributed by atoms with van der Waals surface area (Å²) in [6.45, 7) is 6.36. The first kappa shape index (κ1) is 20.2. The summed E-state index contributed by atoms with van der Waals surface area (Å²) in [5.74, 6) is 0.346. The van der Waals surface area contributed by atoms with Crippen molar-refractivity contribution >= 4 is 23.2 Å². The zero-order valence-electron chi connectivity index (χ0n) is 16.8. The third-order valence-electron chi connectivity index (χ3n) is 4.55. The van der Waals surface area contributed by atoms with Crippen LogP contribution in [0.2, 0.25) is 0 Å². The highest BCUT2D eigenvalue weighted by Crippen LogP contribution is 2.19. The van der Waals surface area contributed by atoms with Crippen LogP contribution in [0.15, 0.2) is 67.0 Å². The quantitative estimate of drug-likeness (QED) is 0.609. The lowest BCUT2D eigenvalue weighted by atomic mass is 10.1. The molecule has 29 heavy (non-hydrogen) atoms. The lowest BCUT2D eigenvalue weighted by Gasteiger charge is -2.28. The van der Waals surface area contributed by atoms with E-state index in [9.17, 15) is 9.59 Å². The molecule has 1 heterocycles. The summed E-state index contributed by atoms with van der Waals surface area (Å²) >= 11 is 0. The molecule has 0 aliphatic heterocycles. The van der Waals surface area contributed by atoms with Crippen molar-refractivity contribution in [1.29, 1.82) is 0 Å². The summed E-state index contributed by atoms with van der Waals surface area (Å²) < 4.78 is 0. The van der Waals surface area contributed by atoms with Gasteiger partial charge in [0.1, 0.15) is 17.8 Å². The second-order valence-corrected chi connectivity index (χ2v) is 7.06. The predicted molar refractivity (Wildman–Crippen MR) is 114 cm³/mol. The summed E-state index contributed by atoms with van der Waals surface area (Å²) in [6.07, 6.45) is 1.41. The lowest BCUT2D eigenvalue weighted by Crippen LogP contribution is -2.31. The van der Waals surface area contributed by atoms with Gasteiger partial charge < -0.3 is 10.2 Å². The van der Waals surface area contributed by atoms with E-state index < -0.39 is 0 Å². The molecule has 0 saturated carbocycles. The number of nitrogens with one attached hydrogen (secondary N) is 1. The topological polar surface area (TPSA) is 75.2 Å². The summed E-state index contributed by atoms with van der Waals surface area (Å²) in [5, 5.41) is 2.81. The van der Waals surface area contributed by atoms with Crippen molar-refractivity contribution in [2.75, 3.05) is 10.2 Å². The third-order valence-corrected chi connectivity index (χ3v) is 4.55. The van der Waals surface area contributed by atoms with E-state index in [-0.39, 0.29) is 23.4 Å². The molecule has 1 aromatic heterocycles. The Bertz CT molecular complexity index is 985. The van der Waals surface area contributed by atoms with E-state index in [4.69, 9.17) is 0 Å². The van der Waals surface area contributed by atoms with E-state index in [1.165, 1.54) is 13.3 Å². The fraction of sp³-hybridized carbons (Fsp3) is 0.217. The van der Waals surface area contributed by atoms with E-state index in [1.54, 1.807) is 30.3 Å². The Labute approximate surface area is 170 Å². The van der Waals surface area contributed by atoms with Crippen LogP contribution < -0.4 is 10.2 Å². The predicted octanol–water partition coefficient (Wildman–Crippen LogP) is 4.35. The number of Topliss-reactive ketones (excluding diaryl/α,β-unsaturated/α-hetero) is 1. The van der Waals surface area contributed by atoms with Crippen LogP contribution >= 0.6 is 0 Å². The largest absolute Gasteiger partial charge is 0.350 e. The van der Waals surface area contributed by atoms with Gasteiger partial charge in [0.15, 0.2) is 5.78 Å². The fourth-order valence-corrected chi connectivity index (χ4v) is 2.92. The van der Waals surface area contributed by atoms with Crippen LogP contribution in [-0.2, 0) is 6.54 Å². The maximum atomic E-state index is 12.6. The van der Waals surface area contributed by atoms with Crippen molar-refractivity contribution in [2.45, 2.75) is 33.4 Å². The standard InChI is InChI=1S/C23H24N4O2/c1-16(2)27(14-18-7-5-4-6-8-18)22-13-21(24-15-25-22)23(29)26-20-11-9-19(10-12-20)17(3)28/h4-13,15-16H,14H2,1-3H3,(H,26,29). The van der Waals surface area contributed by atoms with Gasteiger partial charge in [-0.05, 0) is 50.6 Å². The van der Waals surface area contributed by atoms with Crippen LogP contribution in [0.4, 0.5) is 11.5 Å². The van der Waals surface area contributed by atoms with Crippen molar-refractivity contribution in [3.63, 3.8) is 0 Å². The summed E-state index contributed by atoms with van der Waals surface area (Å²) in [4.78, 5) is 34.6. The Morgan fingerprint density at radius 3 is 2.31 bits per heavy atom. The van der Waals surface area contributed by atoms with Crippen molar-refractivity contribution in [3.8, 4) is 0 Å². The number of carbonyl (C=O) groups is 2. The van der Waals surface area contributed by atoms with Crippen LogP contribution in [0, 0.1) is 0 Å². The molecule has 3 aromatic rings. The summed E-state index contributed by atoms with van der Waals surface area (Å²) in [6, 6.07) is 18.8. The van der Waals surface area contributed by atoms with E-state index >= 15 is 0 Å². The van der Waals surface area contributed by atoms with Crippen molar-refractivity contribution in [3.05, 3.63) is 83.8 Å². The van der Waals surface area contributed by atoms with Gasteiger partial charge in [-0.3, -0.25) is 9.59 Å². The van der Waals surface area contributed by atoms with Gasteiger partial charge >= 0.3 is 0 Å². The molecule has 0 aliphatic carbocycles. The minimum atomic E-state index is -0.326. The molecule has 0 atom stereocenters. The molecule has 1 N–H and O–H groups in total. The van der Waals surface area contributed by atoms with Gasteiger partial charge in [0.25, 0.3) is 5.91 Å². The molecule has 0 fully saturated rings. The number of benzene rings is 2. The highest BCUT2D eigenvalue weighted by molar-refractivity contribution is 6.03. The van der Waals surface area contributed by atoms with E-state index in [2.05, 4.69) is 46.2 Å². The van der Waals surface area contributed by atoms with E-state index in [0.29, 0.717) is 23.6 Å². The molecule has 1 amide bonds. The summed E-state index contributed by atoms with van der Waals surface area (Å²) in [7, 11) is 0. The normalized spacial score (nSPS) is 10.6. The van der Waals surface area contributed by atoms with Crippen molar-refractivity contribution in [1.82, 2.24) is 9.97 Å². The van der Waals surface area contributed by atoms with Crippen LogP contribution in [0.25, 0.3) is 0 Å². The Morgan fingerprint density at radius 1 is 1.00 bits per heavy atom. The third kappa shape index (κ3) is 5.25. The number of rotatable bonds is 7. The fourth-order valence-electron chi connectivity index (χ4n) is 2.92. The Balaban J connectivity index is 1.78. The Kier molecular flexibility index (Phi) is 6.34. The zero-order chi connectivity index (χ0) is 20.8. The van der Waals surface area contributed by atoms with Gasteiger partial charge in [-0.1, -0.05) is 30.3 Å². The summed E-state index contributed by atoms with van der Waals surface area (Å²) in [5.41, 5.74) is 2.65. The Hall–Kier alpha value is -3.54. The first-order valence-electron chi connectivity index (χ1n) is 9.49. The number of carbonyl (C=O) groups excluding carboxylic acids is 2. The Morgan fingerprint density at radius 2 is 1.69 bits per heavy atom. The monoisotopic (exact) mass is 388 g/mol. The number of hydrogen-bond acceptors (Lipinski definition) is 5. The molecule has 6 nitrogen and oxygen atoms in total. The SMILES string of the molecule is CC(=O)c1ccc(NC(=O)c2cc(N(Cc3ccccc3)C(C)C)ncn2)cc1. The molecular formula is C23H24N4O2. The maximum Gasteiger partial charge on any atom is 0.274 e. The molecular weight excluding hydrogens is 364 g/mol.